The van der Waals surface area contributed by atoms with Crippen molar-refractivity contribution in [2.45, 2.75) is 44.7 Å². The van der Waals surface area contributed by atoms with Gasteiger partial charge >= 0.3 is 0 Å². The SMILES string of the molecule is Cc1ccc(O)c(C(=O)NC2CCC(N3CCNCC3)CC2)c1. The number of rotatable bonds is 3. The summed E-state index contributed by atoms with van der Waals surface area (Å²) in [5, 5.41) is 16.4. The molecular formula is C18H27N3O2. The molecule has 1 amide bonds. The Kier molecular flexibility index (Phi) is 5.18. The summed E-state index contributed by atoms with van der Waals surface area (Å²) in [5.74, 6) is -0.0978. The largest absolute Gasteiger partial charge is 0.507 e. The van der Waals surface area contributed by atoms with E-state index in [1.54, 1.807) is 12.1 Å². The highest BCUT2D eigenvalue weighted by atomic mass is 16.3. The van der Waals surface area contributed by atoms with Gasteiger partial charge in [-0.1, -0.05) is 11.6 Å². The number of phenols is 1. The minimum atomic E-state index is -0.156. The van der Waals surface area contributed by atoms with Gasteiger partial charge in [0.25, 0.3) is 5.91 Å². The molecule has 0 spiro atoms. The van der Waals surface area contributed by atoms with Crippen LogP contribution in [0.4, 0.5) is 0 Å². The molecule has 5 heteroatoms. The minimum absolute atomic E-state index is 0.0580. The Labute approximate surface area is 138 Å². The van der Waals surface area contributed by atoms with E-state index in [0.29, 0.717) is 11.6 Å². The van der Waals surface area contributed by atoms with Crippen LogP contribution >= 0.6 is 0 Å². The Morgan fingerprint density at radius 3 is 2.61 bits per heavy atom. The first-order chi connectivity index (χ1) is 11.1. The number of phenolic OH excluding ortho intramolecular Hbond substituents is 1. The summed E-state index contributed by atoms with van der Waals surface area (Å²) in [6.45, 7) is 6.37. The van der Waals surface area contributed by atoms with Crippen LogP contribution in [0.1, 0.15) is 41.6 Å². The smallest absolute Gasteiger partial charge is 0.255 e. The highest BCUT2D eigenvalue weighted by Gasteiger charge is 2.27. The molecule has 0 aromatic heterocycles. The Hall–Kier alpha value is -1.59. The number of aromatic hydroxyl groups is 1. The van der Waals surface area contributed by atoms with Crippen LogP contribution < -0.4 is 10.6 Å². The molecule has 2 aliphatic rings. The summed E-state index contributed by atoms with van der Waals surface area (Å²) in [6, 6.07) is 6.03. The zero-order valence-corrected chi connectivity index (χ0v) is 13.8. The van der Waals surface area contributed by atoms with Crippen LogP contribution in [0.3, 0.4) is 0 Å². The summed E-state index contributed by atoms with van der Waals surface area (Å²) >= 11 is 0. The number of benzene rings is 1. The summed E-state index contributed by atoms with van der Waals surface area (Å²) in [6.07, 6.45) is 4.33. The number of nitrogens with zero attached hydrogens (tertiary/aromatic N) is 1. The molecule has 5 nitrogen and oxygen atoms in total. The first-order valence-electron chi connectivity index (χ1n) is 8.69. The molecule has 0 radical (unpaired) electrons. The van der Waals surface area contributed by atoms with Crippen molar-refractivity contribution in [2.75, 3.05) is 26.2 Å². The highest BCUT2D eigenvalue weighted by molar-refractivity contribution is 5.97. The number of piperazine rings is 1. The fraction of sp³-hybridized carbons (Fsp3) is 0.611. The lowest BCUT2D eigenvalue weighted by Gasteiger charge is -2.39. The third-order valence-corrected chi connectivity index (χ3v) is 5.10. The predicted molar refractivity (Wildman–Crippen MR) is 90.8 cm³/mol. The average molecular weight is 317 g/mol. The van der Waals surface area contributed by atoms with Crippen LogP contribution in [0.5, 0.6) is 5.75 Å². The monoisotopic (exact) mass is 317 g/mol. The maximum absolute atomic E-state index is 12.4. The van der Waals surface area contributed by atoms with Gasteiger partial charge in [0.2, 0.25) is 0 Å². The molecule has 2 fully saturated rings. The normalized spacial score (nSPS) is 26.0. The topological polar surface area (TPSA) is 64.6 Å². The molecule has 1 aliphatic heterocycles. The molecule has 1 saturated heterocycles. The van der Waals surface area contributed by atoms with Gasteiger partial charge in [0.05, 0.1) is 5.56 Å². The molecule has 126 valence electrons. The van der Waals surface area contributed by atoms with Gasteiger partial charge in [-0.3, -0.25) is 9.69 Å². The van der Waals surface area contributed by atoms with E-state index in [-0.39, 0.29) is 17.7 Å². The van der Waals surface area contributed by atoms with Gasteiger partial charge in [-0.25, -0.2) is 0 Å². The van der Waals surface area contributed by atoms with Gasteiger partial charge in [0.1, 0.15) is 5.75 Å². The lowest BCUT2D eigenvalue weighted by Crippen LogP contribution is -2.50. The molecule has 1 saturated carbocycles. The van der Waals surface area contributed by atoms with Crippen molar-refractivity contribution in [1.82, 2.24) is 15.5 Å². The minimum Gasteiger partial charge on any atom is -0.507 e. The van der Waals surface area contributed by atoms with Gasteiger partial charge < -0.3 is 15.7 Å². The molecule has 3 N–H and O–H groups in total. The van der Waals surface area contributed by atoms with E-state index in [4.69, 9.17) is 0 Å². The first kappa shape index (κ1) is 16.3. The van der Waals surface area contributed by atoms with Crippen molar-refractivity contribution in [3.8, 4) is 5.75 Å². The quantitative estimate of drug-likeness (QED) is 0.793. The highest BCUT2D eigenvalue weighted by Crippen LogP contribution is 2.25. The third kappa shape index (κ3) is 4.03. The van der Waals surface area contributed by atoms with E-state index in [2.05, 4.69) is 15.5 Å². The molecule has 0 bridgehead atoms. The van der Waals surface area contributed by atoms with Crippen LogP contribution in [0.15, 0.2) is 18.2 Å². The first-order valence-corrected chi connectivity index (χ1v) is 8.69. The molecular weight excluding hydrogens is 290 g/mol. The van der Waals surface area contributed by atoms with Crippen molar-refractivity contribution in [2.24, 2.45) is 0 Å². The van der Waals surface area contributed by atoms with Crippen molar-refractivity contribution < 1.29 is 9.90 Å². The lowest BCUT2D eigenvalue weighted by molar-refractivity contribution is 0.0891. The van der Waals surface area contributed by atoms with E-state index in [1.807, 2.05) is 13.0 Å². The van der Waals surface area contributed by atoms with Gasteiger partial charge in [0.15, 0.2) is 0 Å². The van der Waals surface area contributed by atoms with E-state index in [1.165, 1.54) is 0 Å². The molecule has 1 aromatic carbocycles. The van der Waals surface area contributed by atoms with Crippen LogP contribution in [-0.4, -0.2) is 54.2 Å². The maximum Gasteiger partial charge on any atom is 0.255 e. The fourth-order valence-corrected chi connectivity index (χ4v) is 3.73. The van der Waals surface area contributed by atoms with Crippen molar-refractivity contribution >= 4 is 5.91 Å². The summed E-state index contributed by atoms with van der Waals surface area (Å²) in [5.41, 5.74) is 1.37. The van der Waals surface area contributed by atoms with E-state index in [0.717, 1.165) is 57.4 Å². The molecule has 1 aromatic rings. The number of amides is 1. The number of hydrogen-bond donors (Lipinski definition) is 3. The fourth-order valence-electron chi connectivity index (χ4n) is 3.73. The van der Waals surface area contributed by atoms with Gasteiger partial charge in [-0.15, -0.1) is 0 Å². The van der Waals surface area contributed by atoms with Crippen molar-refractivity contribution in [3.63, 3.8) is 0 Å². The Morgan fingerprint density at radius 1 is 1.22 bits per heavy atom. The van der Waals surface area contributed by atoms with Crippen LogP contribution in [0, 0.1) is 6.92 Å². The molecule has 1 aliphatic carbocycles. The molecule has 0 atom stereocenters. The summed E-state index contributed by atoms with van der Waals surface area (Å²) in [7, 11) is 0. The molecule has 23 heavy (non-hydrogen) atoms. The molecule has 1 heterocycles. The van der Waals surface area contributed by atoms with Crippen LogP contribution in [-0.2, 0) is 0 Å². The van der Waals surface area contributed by atoms with E-state index >= 15 is 0 Å². The number of carbonyl (C=O) groups excluding carboxylic acids is 1. The van der Waals surface area contributed by atoms with Gasteiger partial charge in [-0.05, 0) is 44.7 Å². The predicted octanol–water partition coefficient (Wildman–Crippen LogP) is 1.65. The second-order valence-corrected chi connectivity index (χ2v) is 6.79. The van der Waals surface area contributed by atoms with Gasteiger partial charge in [-0.2, -0.15) is 0 Å². The summed E-state index contributed by atoms with van der Waals surface area (Å²) < 4.78 is 0. The second kappa shape index (κ2) is 7.32. The number of carbonyl (C=O) groups is 1. The standard InChI is InChI=1S/C18H27N3O2/c1-13-2-7-17(22)16(12-13)18(23)20-14-3-5-15(6-4-14)21-10-8-19-9-11-21/h2,7,12,14-15,19,22H,3-6,8-11H2,1H3,(H,20,23). The average Bonchev–Trinajstić information content (AvgIpc) is 2.58. The Morgan fingerprint density at radius 2 is 1.91 bits per heavy atom. The van der Waals surface area contributed by atoms with Crippen molar-refractivity contribution in [3.05, 3.63) is 29.3 Å². The van der Waals surface area contributed by atoms with E-state index in [9.17, 15) is 9.90 Å². The van der Waals surface area contributed by atoms with Gasteiger partial charge in [0, 0.05) is 38.3 Å². The number of nitrogens with one attached hydrogen (secondary N) is 2. The maximum atomic E-state index is 12.4. The number of hydrogen-bond acceptors (Lipinski definition) is 4. The Bertz CT molecular complexity index is 547. The molecule has 3 rings (SSSR count). The Balaban J connectivity index is 1.52. The third-order valence-electron chi connectivity index (χ3n) is 5.10. The zero-order chi connectivity index (χ0) is 16.2. The molecule has 0 unspecified atom stereocenters. The van der Waals surface area contributed by atoms with E-state index < -0.39 is 0 Å². The van der Waals surface area contributed by atoms with Crippen LogP contribution in [0.25, 0.3) is 0 Å². The van der Waals surface area contributed by atoms with Crippen molar-refractivity contribution in [1.29, 1.82) is 0 Å². The number of aryl methyl sites for hydroxylation is 1. The lowest BCUT2D eigenvalue weighted by atomic mass is 9.89. The van der Waals surface area contributed by atoms with Crippen LogP contribution in [0.2, 0.25) is 0 Å². The summed E-state index contributed by atoms with van der Waals surface area (Å²) in [4.78, 5) is 15.0. The second-order valence-electron chi connectivity index (χ2n) is 6.79. The zero-order valence-electron chi connectivity index (χ0n) is 13.8.